The Labute approximate surface area is 117 Å². The van der Waals surface area contributed by atoms with Gasteiger partial charge in [0.05, 0.1) is 5.52 Å². The van der Waals surface area contributed by atoms with Crippen molar-refractivity contribution in [2.75, 3.05) is 0 Å². The number of fused-ring (bicyclic) bond motifs is 1. The first-order valence-electron chi connectivity index (χ1n) is 6.16. The number of hydrogen-bond acceptors (Lipinski definition) is 1. The van der Waals surface area contributed by atoms with Crippen LogP contribution in [0.25, 0.3) is 10.9 Å². The lowest BCUT2D eigenvalue weighted by molar-refractivity contribution is 0.783. The van der Waals surface area contributed by atoms with Gasteiger partial charge in [-0.05, 0) is 32.3 Å². The number of hydrogen-bond donors (Lipinski definition) is 0. The van der Waals surface area contributed by atoms with Crippen LogP contribution >= 0.6 is 33.1 Å². The molecule has 0 aliphatic heterocycles. The minimum atomic E-state index is -0.139. The Balaban J connectivity index is 2.49. The van der Waals surface area contributed by atoms with Crippen LogP contribution in [0.4, 0.5) is 0 Å². The van der Waals surface area contributed by atoms with Gasteiger partial charge in [0.1, 0.15) is 0 Å². The SMILES string of the molecule is CCCCc1nc2ccccc2cc1P(P)PP. The highest BCUT2D eigenvalue weighted by Gasteiger charge is 2.11. The molecule has 2 aromatic rings. The van der Waals surface area contributed by atoms with Crippen molar-refractivity contribution in [3.8, 4) is 0 Å². The van der Waals surface area contributed by atoms with E-state index in [2.05, 4.69) is 55.1 Å². The number of benzene rings is 1. The van der Waals surface area contributed by atoms with Crippen LogP contribution in [0.2, 0.25) is 0 Å². The predicted octanol–water partition coefficient (Wildman–Crippen LogP) is 4.86. The first-order valence-corrected chi connectivity index (χ1v) is 12.8. The third-order valence-electron chi connectivity index (χ3n) is 2.95. The van der Waals surface area contributed by atoms with Gasteiger partial charge in [-0.15, -0.1) is 17.9 Å². The maximum absolute atomic E-state index is 4.88. The van der Waals surface area contributed by atoms with E-state index in [0.29, 0.717) is 0 Å². The molecule has 1 aromatic heterocycles. The minimum Gasteiger partial charge on any atom is -0.252 e. The molecule has 18 heavy (non-hydrogen) atoms. The zero-order valence-corrected chi connectivity index (χ0v) is 14.8. The number of para-hydroxylation sites is 1. The number of nitrogens with zero attached hydrogens (tertiary/aromatic N) is 1. The molecule has 0 radical (unpaired) electrons. The highest BCUT2D eigenvalue weighted by atomic mass is 32.6. The third kappa shape index (κ3) is 3.46. The number of pyridine rings is 1. The molecule has 0 aliphatic rings. The van der Waals surface area contributed by atoms with Crippen molar-refractivity contribution in [2.45, 2.75) is 26.2 Å². The topological polar surface area (TPSA) is 12.9 Å². The summed E-state index contributed by atoms with van der Waals surface area (Å²) < 4.78 is 0. The summed E-state index contributed by atoms with van der Waals surface area (Å²) in [6, 6.07) is 10.8. The molecule has 0 bridgehead atoms. The van der Waals surface area contributed by atoms with E-state index < -0.39 is 0 Å². The maximum Gasteiger partial charge on any atom is 0.0705 e. The molecule has 0 aliphatic carbocycles. The van der Waals surface area contributed by atoms with Crippen molar-refractivity contribution < 1.29 is 0 Å². The molecule has 0 N–H and O–H groups in total. The lowest BCUT2D eigenvalue weighted by Crippen LogP contribution is -2.08. The summed E-state index contributed by atoms with van der Waals surface area (Å²) in [6.45, 7) is 2.24. The van der Waals surface area contributed by atoms with Crippen molar-refractivity contribution in [2.24, 2.45) is 0 Å². The molecule has 4 atom stereocenters. The molecular weight excluding hydrogens is 294 g/mol. The average Bonchev–Trinajstić information content (AvgIpc) is 2.43. The molecule has 0 amide bonds. The van der Waals surface area contributed by atoms with E-state index in [1.54, 1.807) is 0 Å². The monoisotopic (exact) mass is 313 g/mol. The largest absolute Gasteiger partial charge is 0.252 e. The van der Waals surface area contributed by atoms with Gasteiger partial charge in [0, 0.05) is 16.4 Å². The Morgan fingerprint density at radius 3 is 2.83 bits per heavy atom. The fourth-order valence-electron chi connectivity index (χ4n) is 1.95. The number of unbranched alkanes of at least 4 members (excludes halogenated alkanes) is 1. The standard InChI is InChI=1S/C13H19NP4/c1-2-3-7-12-13(18(16)17-15)9-10-6-4-5-8-11(10)14-12/h4-6,8-9,17H,2-3,7,15-16H2,1H3. The van der Waals surface area contributed by atoms with Gasteiger partial charge >= 0.3 is 0 Å². The summed E-state index contributed by atoms with van der Waals surface area (Å²) in [4.78, 5) is 4.88. The van der Waals surface area contributed by atoms with Gasteiger partial charge in [0.15, 0.2) is 0 Å². The predicted molar refractivity (Wildman–Crippen MR) is 94.6 cm³/mol. The molecule has 2 rings (SSSR count). The van der Waals surface area contributed by atoms with E-state index in [9.17, 15) is 0 Å². The Morgan fingerprint density at radius 1 is 1.33 bits per heavy atom. The molecule has 0 fully saturated rings. The number of aromatic nitrogens is 1. The normalized spacial score (nSPS) is 13.5. The van der Waals surface area contributed by atoms with E-state index in [4.69, 9.17) is 4.98 Å². The quantitative estimate of drug-likeness (QED) is 0.719. The molecule has 96 valence electrons. The van der Waals surface area contributed by atoms with Crippen LogP contribution in [-0.2, 0) is 6.42 Å². The maximum atomic E-state index is 4.88. The fraction of sp³-hybridized carbons (Fsp3) is 0.308. The fourth-order valence-corrected chi connectivity index (χ4v) is 5.73. The van der Waals surface area contributed by atoms with E-state index in [1.165, 1.54) is 29.2 Å². The summed E-state index contributed by atoms with van der Waals surface area (Å²) >= 11 is 0. The molecule has 1 nitrogen and oxygen atoms in total. The second kappa shape index (κ2) is 7.22. The first-order chi connectivity index (χ1) is 8.76. The molecule has 1 heterocycles. The molecule has 0 spiro atoms. The Hall–Kier alpha value is 0.350. The van der Waals surface area contributed by atoms with E-state index >= 15 is 0 Å². The number of rotatable bonds is 5. The molecule has 4 unspecified atom stereocenters. The highest BCUT2D eigenvalue weighted by Crippen LogP contribution is 2.65. The van der Waals surface area contributed by atoms with Gasteiger partial charge in [-0.2, -0.15) is 0 Å². The van der Waals surface area contributed by atoms with E-state index in [1.807, 2.05) is 0 Å². The first kappa shape index (κ1) is 14.8. The Bertz CT molecular complexity index is 529. The van der Waals surface area contributed by atoms with Crippen LogP contribution in [0.1, 0.15) is 25.5 Å². The summed E-state index contributed by atoms with van der Waals surface area (Å²) in [5.41, 5.74) is 2.44. The van der Waals surface area contributed by atoms with Crippen molar-refractivity contribution >= 4 is 49.3 Å². The van der Waals surface area contributed by atoms with Gasteiger partial charge in [-0.25, -0.2) is 0 Å². The van der Waals surface area contributed by atoms with Crippen molar-refractivity contribution in [1.29, 1.82) is 0 Å². The van der Waals surface area contributed by atoms with Crippen LogP contribution in [0, 0.1) is 0 Å². The van der Waals surface area contributed by atoms with Crippen LogP contribution in [-0.4, -0.2) is 4.98 Å². The van der Waals surface area contributed by atoms with Gasteiger partial charge in [0.25, 0.3) is 0 Å². The lowest BCUT2D eigenvalue weighted by Gasteiger charge is -2.15. The van der Waals surface area contributed by atoms with Gasteiger partial charge in [-0.3, -0.25) is 4.98 Å². The van der Waals surface area contributed by atoms with Gasteiger partial charge in [0.2, 0.25) is 0 Å². The summed E-state index contributed by atoms with van der Waals surface area (Å²) in [5.74, 6) is 0. The molecular formula is C13H19NP4. The summed E-state index contributed by atoms with van der Waals surface area (Å²) in [7, 11) is 6.65. The lowest BCUT2D eigenvalue weighted by atomic mass is 10.1. The highest BCUT2D eigenvalue weighted by molar-refractivity contribution is 8.63. The number of aryl methyl sites for hydroxylation is 1. The van der Waals surface area contributed by atoms with Crippen LogP contribution in [0.5, 0.6) is 0 Å². The molecule has 1 aromatic carbocycles. The molecule has 0 saturated carbocycles. The summed E-state index contributed by atoms with van der Waals surface area (Å²) in [6.07, 6.45) is 3.57. The molecule has 5 heteroatoms. The summed E-state index contributed by atoms with van der Waals surface area (Å²) in [5, 5.41) is 2.74. The van der Waals surface area contributed by atoms with E-state index in [0.717, 1.165) is 19.9 Å². The zero-order valence-electron chi connectivity index (χ0n) is 10.6. The minimum absolute atomic E-state index is 0.139. The smallest absolute Gasteiger partial charge is 0.0705 e. The van der Waals surface area contributed by atoms with Crippen LogP contribution in [0.15, 0.2) is 30.3 Å². The van der Waals surface area contributed by atoms with Crippen molar-refractivity contribution in [1.82, 2.24) is 4.98 Å². The van der Waals surface area contributed by atoms with Crippen molar-refractivity contribution in [3.63, 3.8) is 0 Å². The zero-order chi connectivity index (χ0) is 13.0. The van der Waals surface area contributed by atoms with Crippen LogP contribution in [0.3, 0.4) is 0 Å². The second-order valence-electron chi connectivity index (χ2n) is 4.25. The average molecular weight is 313 g/mol. The Morgan fingerprint density at radius 2 is 2.11 bits per heavy atom. The van der Waals surface area contributed by atoms with Crippen molar-refractivity contribution in [3.05, 3.63) is 36.0 Å². The third-order valence-corrected chi connectivity index (χ3v) is 13.1. The second-order valence-corrected chi connectivity index (χ2v) is 13.4. The van der Waals surface area contributed by atoms with E-state index in [-0.39, 0.29) is 7.30 Å². The van der Waals surface area contributed by atoms with Gasteiger partial charge < -0.3 is 0 Å². The van der Waals surface area contributed by atoms with Crippen LogP contribution < -0.4 is 5.30 Å². The Kier molecular flexibility index (Phi) is 5.92. The van der Waals surface area contributed by atoms with Gasteiger partial charge in [-0.1, -0.05) is 39.5 Å². The molecule has 0 saturated heterocycles.